The third-order valence-electron chi connectivity index (χ3n) is 7.18. The molecule has 1 aliphatic carbocycles. The Bertz CT molecular complexity index is 1690. The summed E-state index contributed by atoms with van der Waals surface area (Å²) >= 11 is 8.57. The normalized spacial score (nSPS) is 17.8. The van der Waals surface area contributed by atoms with Crippen molar-refractivity contribution in [3.63, 3.8) is 0 Å². The standard InChI is InChI=1S/C30H29ClN6O4S2/c1-30(2)12-21-26(22(38)13-30)25(16-5-7-17(31)8-6-16)19(14-32)27(33)37(21)28-35-36-29(43-28)42-15-24(39)34-20-11-18(40-3)9-10-23(20)41-4/h5-11,25H,12-13,15,33H2,1-4H3,(H,34,39). The van der Waals surface area contributed by atoms with Crippen LogP contribution in [0.3, 0.4) is 0 Å². The number of ketones is 1. The van der Waals surface area contributed by atoms with Crippen molar-refractivity contribution >= 4 is 57.2 Å². The number of ether oxygens (including phenoxy) is 2. The fourth-order valence-electron chi connectivity index (χ4n) is 5.29. The minimum Gasteiger partial charge on any atom is -0.497 e. The minimum atomic E-state index is -0.615. The van der Waals surface area contributed by atoms with Gasteiger partial charge >= 0.3 is 0 Å². The van der Waals surface area contributed by atoms with E-state index in [2.05, 4.69) is 21.6 Å². The Kier molecular flexibility index (Phi) is 8.69. The van der Waals surface area contributed by atoms with Gasteiger partial charge in [-0.2, -0.15) is 5.26 Å². The molecule has 0 saturated heterocycles. The zero-order chi connectivity index (χ0) is 30.9. The molecule has 10 nitrogen and oxygen atoms in total. The Labute approximate surface area is 262 Å². The number of Topliss-reactive ketones (excluding diaryl/α,β-unsaturated/α-hetero) is 1. The van der Waals surface area contributed by atoms with E-state index >= 15 is 0 Å². The number of hydrogen-bond donors (Lipinski definition) is 2. The molecule has 3 N–H and O–H groups in total. The van der Waals surface area contributed by atoms with E-state index in [9.17, 15) is 14.9 Å². The van der Waals surface area contributed by atoms with Crippen molar-refractivity contribution < 1.29 is 19.1 Å². The molecule has 1 aliphatic heterocycles. The number of amides is 1. The van der Waals surface area contributed by atoms with Crippen LogP contribution in [0.1, 0.15) is 38.2 Å². The van der Waals surface area contributed by atoms with E-state index in [4.69, 9.17) is 26.8 Å². The Balaban J connectivity index is 1.43. The molecule has 0 bridgehead atoms. The minimum absolute atomic E-state index is 0.0415. The van der Waals surface area contributed by atoms with Crippen molar-refractivity contribution in [3.05, 3.63) is 75.7 Å². The van der Waals surface area contributed by atoms with Crippen molar-refractivity contribution in [2.75, 3.05) is 30.2 Å². The number of allylic oxidation sites excluding steroid dienone is 3. The molecule has 1 amide bonds. The van der Waals surface area contributed by atoms with Gasteiger partial charge in [0.15, 0.2) is 10.1 Å². The third kappa shape index (κ3) is 6.20. The van der Waals surface area contributed by atoms with Crippen molar-refractivity contribution in [2.45, 2.75) is 36.9 Å². The molecule has 0 spiro atoms. The molecule has 43 heavy (non-hydrogen) atoms. The van der Waals surface area contributed by atoms with Crippen molar-refractivity contribution in [3.8, 4) is 17.6 Å². The Morgan fingerprint density at radius 2 is 1.95 bits per heavy atom. The monoisotopic (exact) mass is 636 g/mol. The molecule has 2 heterocycles. The maximum absolute atomic E-state index is 13.7. The van der Waals surface area contributed by atoms with Gasteiger partial charge in [-0.25, -0.2) is 0 Å². The molecule has 0 saturated carbocycles. The molecule has 222 valence electrons. The van der Waals surface area contributed by atoms with E-state index in [1.165, 1.54) is 30.2 Å². The van der Waals surface area contributed by atoms with E-state index in [0.717, 1.165) is 5.56 Å². The van der Waals surface area contributed by atoms with E-state index in [-0.39, 0.29) is 34.3 Å². The number of halogens is 1. The van der Waals surface area contributed by atoms with Crippen molar-refractivity contribution in [1.82, 2.24) is 10.2 Å². The first kappa shape index (κ1) is 30.4. The van der Waals surface area contributed by atoms with Crippen LogP contribution in [0.5, 0.6) is 11.5 Å². The van der Waals surface area contributed by atoms with Crippen LogP contribution in [-0.4, -0.2) is 41.9 Å². The molecule has 3 aromatic rings. The maximum Gasteiger partial charge on any atom is 0.234 e. The van der Waals surface area contributed by atoms with Gasteiger partial charge in [0.1, 0.15) is 17.3 Å². The second-order valence-corrected chi connectivity index (χ2v) is 13.4. The Morgan fingerprint density at radius 3 is 2.63 bits per heavy atom. The summed E-state index contributed by atoms with van der Waals surface area (Å²) in [5.41, 5.74) is 9.10. The molecule has 1 aromatic heterocycles. The highest BCUT2D eigenvalue weighted by Crippen LogP contribution is 2.50. The van der Waals surface area contributed by atoms with Crippen LogP contribution in [0.2, 0.25) is 5.02 Å². The lowest BCUT2D eigenvalue weighted by Gasteiger charge is -2.42. The molecule has 1 unspecified atom stereocenters. The number of carbonyl (C=O) groups excluding carboxylic acids is 2. The predicted octanol–water partition coefficient (Wildman–Crippen LogP) is 5.88. The van der Waals surface area contributed by atoms with E-state index < -0.39 is 5.92 Å². The summed E-state index contributed by atoms with van der Waals surface area (Å²) in [4.78, 5) is 28.1. The van der Waals surface area contributed by atoms with Crippen molar-refractivity contribution in [2.24, 2.45) is 11.1 Å². The largest absolute Gasteiger partial charge is 0.497 e. The van der Waals surface area contributed by atoms with Gasteiger partial charge < -0.3 is 20.5 Å². The first-order valence-corrected chi connectivity index (χ1v) is 15.4. The Morgan fingerprint density at radius 1 is 1.21 bits per heavy atom. The number of anilines is 2. The average molecular weight is 637 g/mol. The third-order valence-corrected chi connectivity index (χ3v) is 9.47. The molecule has 2 aliphatic rings. The van der Waals surface area contributed by atoms with Gasteiger partial charge in [0.05, 0.1) is 43.2 Å². The van der Waals surface area contributed by atoms with Crippen LogP contribution >= 0.6 is 34.7 Å². The summed E-state index contributed by atoms with van der Waals surface area (Å²) in [6.07, 6.45) is 0.886. The number of aromatic nitrogens is 2. The second-order valence-electron chi connectivity index (χ2n) is 10.8. The number of carbonyl (C=O) groups is 2. The summed E-state index contributed by atoms with van der Waals surface area (Å²) in [6, 6.07) is 14.5. The van der Waals surface area contributed by atoms with Gasteiger partial charge in [-0.3, -0.25) is 14.5 Å². The van der Waals surface area contributed by atoms with E-state index in [0.29, 0.717) is 55.8 Å². The molecular formula is C30H29ClN6O4S2. The summed E-state index contributed by atoms with van der Waals surface area (Å²) in [6.45, 7) is 4.06. The van der Waals surface area contributed by atoms with Gasteiger partial charge in [0, 0.05) is 28.8 Å². The fourth-order valence-corrected chi connectivity index (χ4v) is 7.10. The number of benzene rings is 2. The fraction of sp³-hybridized carbons (Fsp3) is 0.300. The number of methoxy groups -OCH3 is 2. The van der Waals surface area contributed by atoms with Crippen LogP contribution in [-0.2, 0) is 9.59 Å². The van der Waals surface area contributed by atoms with Crippen LogP contribution in [0.4, 0.5) is 10.8 Å². The van der Waals surface area contributed by atoms with Crippen LogP contribution in [0, 0.1) is 16.7 Å². The highest BCUT2D eigenvalue weighted by atomic mass is 35.5. The van der Waals surface area contributed by atoms with E-state index in [1.54, 1.807) is 42.3 Å². The Hall–Kier alpha value is -4.05. The summed E-state index contributed by atoms with van der Waals surface area (Å²) in [7, 11) is 3.06. The number of hydrogen-bond acceptors (Lipinski definition) is 11. The van der Waals surface area contributed by atoms with Crippen LogP contribution < -0.4 is 25.4 Å². The zero-order valence-corrected chi connectivity index (χ0v) is 26.3. The SMILES string of the molecule is COc1ccc(OC)c(NC(=O)CSc2nnc(N3C(N)=C(C#N)C(c4ccc(Cl)cc4)C4=C3CC(C)(C)CC4=O)s2)c1. The highest BCUT2D eigenvalue weighted by Gasteiger charge is 2.45. The van der Waals surface area contributed by atoms with Gasteiger partial charge in [0.2, 0.25) is 11.0 Å². The maximum atomic E-state index is 13.7. The number of nitrogens with one attached hydrogen (secondary N) is 1. The molecule has 2 aromatic carbocycles. The van der Waals surface area contributed by atoms with Crippen LogP contribution in [0.15, 0.2) is 69.5 Å². The topological polar surface area (TPSA) is 143 Å². The molecule has 0 fully saturated rings. The predicted molar refractivity (Wildman–Crippen MR) is 167 cm³/mol. The number of rotatable bonds is 8. The van der Waals surface area contributed by atoms with Crippen LogP contribution in [0.25, 0.3) is 0 Å². The number of nitrogens with two attached hydrogens (primary N) is 1. The summed E-state index contributed by atoms with van der Waals surface area (Å²) in [5.74, 6) is 0.412. The van der Waals surface area contributed by atoms with Gasteiger partial charge in [0.25, 0.3) is 0 Å². The smallest absolute Gasteiger partial charge is 0.234 e. The molecule has 5 rings (SSSR count). The van der Waals surface area contributed by atoms with E-state index in [1.807, 2.05) is 26.0 Å². The lowest BCUT2D eigenvalue weighted by Crippen LogP contribution is -2.42. The summed E-state index contributed by atoms with van der Waals surface area (Å²) < 4.78 is 11.1. The zero-order valence-electron chi connectivity index (χ0n) is 23.9. The number of nitriles is 1. The average Bonchev–Trinajstić information content (AvgIpc) is 3.43. The van der Waals surface area contributed by atoms with Gasteiger partial charge in [-0.1, -0.05) is 60.7 Å². The molecule has 13 heteroatoms. The highest BCUT2D eigenvalue weighted by molar-refractivity contribution is 8.01. The molecule has 1 atom stereocenters. The number of nitrogens with zero attached hydrogens (tertiary/aromatic N) is 4. The van der Waals surface area contributed by atoms with Gasteiger partial charge in [-0.05, 0) is 41.7 Å². The van der Waals surface area contributed by atoms with Gasteiger partial charge in [-0.15, -0.1) is 10.2 Å². The first-order valence-electron chi connectivity index (χ1n) is 13.2. The lowest BCUT2D eigenvalue weighted by atomic mass is 9.69. The number of thioether (sulfide) groups is 1. The second kappa shape index (κ2) is 12.3. The first-order chi connectivity index (χ1) is 20.5. The summed E-state index contributed by atoms with van der Waals surface area (Å²) in [5, 5.41) is 22.7. The lowest BCUT2D eigenvalue weighted by molar-refractivity contribution is -0.118. The van der Waals surface area contributed by atoms with Crippen molar-refractivity contribution in [1.29, 1.82) is 5.26 Å². The molecular weight excluding hydrogens is 608 g/mol. The molecule has 0 radical (unpaired) electrons. The quantitative estimate of drug-likeness (QED) is 0.288.